The fraction of sp³-hybridized carbons (Fsp3) is 0.375. The van der Waals surface area contributed by atoms with E-state index in [1.807, 2.05) is 30.3 Å². The first-order chi connectivity index (χ1) is 12.7. The molecule has 0 saturated carbocycles. The first-order valence-corrected chi connectivity index (χ1v) is 8.11. The molecular weight excluding hydrogens is 340 g/mol. The molecule has 0 N–H and O–H groups in total. The van der Waals surface area contributed by atoms with Gasteiger partial charge in [0.1, 0.15) is 5.71 Å². The topological polar surface area (TPSA) is 112 Å². The van der Waals surface area contributed by atoms with E-state index in [4.69, 9.17) is 9.47 Å². The number of nitrogens with zero attached hydrogens (tertiary/aromatic N) is 6. The molecule has 1 atom stereocenters. The van der Waals surface area contributed by atoms with E-state index < -0.39 is 18.1 Å². The average molecular weight is 358 g/mol. The summed E-state index contributed by atoms with van der Waals surface area (Å²) in [7, 11) is 1.26. The second kappa shape index (κ2) is 7.72. The molecule has 1 aliphatic rings. The maximum Gasteiger partial charge on any atom is 0.431 e. The standard InChI is InChI=1S/C16H18N6O4/c1-3-26-16(24)22-13(15(23)25-2)10-9-12(18-22)14-17-19-20-21(14)11-7-5-4-6-8-11/h4-8,13H,3,9-10H2,1-2H3. The first-order valence-electron chi connectivity index (χ1n) is 8.11. The summed E-state index contributed by atoms with van der Waals surface area (Å²) >= 11 is 0. The van der Waals surface area contributed by atoms with Gasteiger partial charge in [0.15, 0.2) is 6.04 Å². The maximum absolute atomic E-state index is 12.2. The molecular formula is C16H18N6O4. The molecule has 2 aromatic rings. The van der Waals surface area contributed by atoms with Crippen molar-refractivity contribution in [3.05, 3.63) is 36.2 Å². The highest BCUT2D eigenvalue weighted by Crippen LogP contribution is 2.21. The highest BCUT2D eigenvalue weighted by molar-refractivity contribution is 5.99. The number of amides is 1. The van der Waals surface area contributed by atoms with Gasteiger partial charge in [-0.3, -0.25) is 0 Å². The highest BCUT2D eigenvalue weighted by Gasteiger charge is 2.37. The van der Waals surface area contributed by atoms with Crippen molar-refractivity contribution in [3.63, 3.8) is 0 Å². The van der Waals surface area contributed by atoms with Crippen molar-refractivity contribution in [2.24, 2.45) is 5.10 Å². The van der Waals surface area contributed by atoms with Crippen molar-refractivity contribution in [3.8, 4) is 5.69 Å². The predicted octanol–water partition coefficient (Wildman–Crippen LogP) is 1.16. The molecule has 26 heavy (non-hydrogen) atoms. The van der Waals surface area contributed by atoms with Crippen LogP contribution < -0.4 is 0 Å². The molecule has 0 radical (unpaired) electrons. The van der Waals surface area contributed by atoms with E-state index in [9.17, 15) is 9.59 Å². The second-order valence-electron chi connectivity index (χ2n) is 5.42. The van der Waals surface area contributed by atoms with Crippen LogP contribution in [0.25, 0.3) is 5.69 Å². The molecule has 0 saturated heterocycles. The third-order valence-electron chi connectivity index (χ3n) is 3.83. The monoisotopic (exact) mass is 358 g/mol. The van der Waals surface area contributed by atoms with E-state index >= 15 is 0 Å². The van der Waals surface area contributed by atoms with Crippen molar-refractivity contribution in [1.29, 1.82) is 0 Å². The van der Waals surface area contributed by atoms with Gasteiger partial charge in [0.2, 0.25) is 5.82 Å². The quantitative estimate of drug-likeness (QED) is 0.754. The number of benzene rings is 1. The minimum absolute atomic E-state index is 0.163. The number of carbonyl (C=O) groups excluding carboxylic acids is 2. The summed E-state index contributed by atoms with van der Waals surface area (Å²) in [6.07, 6.45) is 0.00770. The van der Waals surface area contributed by atoms with Crippen LogP contribution in [0.15, 0.2) is 35.4 Å². The third kappa shape index (κ3) is 3.39. The van der Waals surface area contributed by atoms with Crippen LogP contribution in [-0.2, 0) is 14.3 Å². The van der Waals surface area contributed by atoms with Crippen molar-refractivity contribution in [2.75, 3.05) is 13.7 Å². The lowest BCUT2D eigenvalue weighted by molar-refractivity contribution is -0.146. The molecule has 0 bridgehead atoms. The number of rotatable bonds is 4. The van der Waals surface area contributed by atoms with Crippen molar-refractivity contribution < 1.29 is 19.1 Å². The Balaban J connectivity index is 1.97. The molecule has 1 amide bonds. The van der Waals surface area contributed by atoms with Crippen LogP contribution in [0.1, 0.15) is 25.6 Å². The Kier molecular flexibility index (Phi) is 5.20. The van der Waals surface area contributed by atoms with Crippen LogP contribution in [0.5, 0.6) is 0 Å². The molecule has 1 unspecified atom stereocenters. The summed E-state index contributed by atoms with van der Waals surface area (Å²) in [4.78, 5) is 24.2. The molecule has 10 heteroatoms. The molecule has 1 aromatic carbocycles. The van der Waals surface area contributed by atoms with E-state index in [1.165, 1.54) is 11.8 Å². The van der Waals surface area contributed by atoms with E-state index in [0.717, 1.165) is 10.7 Å². The van der Waals surface area contributed by atoms with Crippen LogP contribution in [0.2, 0.25) is 0 Å². The summed E-state index contributed by atoms with van der Waals surface area (Å²) < 4.78 is 11.3. The Morgan fingerprint density at radius 2 is 2.04 bits per heavy atom. The Labute approximate surface area is 149 Å². The van der Waals surface area contributed by atoms with Gasteiger partial charge in [0.25, 0.3) is 0 Å². The molecule has 136 valence electrons. The summed E-state index contributed by atoms with van der Waals surface area (Å²) in [5, 5.41) is 17.0. The number of hydrazone groups is 1. The zero-order valence-corrected chi connectivity index (χ0v) is 14.4. The van der Waals surface area contributed by atoms with Gasteiger partial charge in [-0.25, -0.2) is 9.59 Å². The molecule has 1 aromatic heterocycles. The molecule has 1 aliphatic heterocycles. The predicted molar refractivity (Wildman–Crippen MR) is 89.6 cm³/mol. The largest absolute Gasteiger partial charge is 0.467 e. The zero-order valence-electron chi connectivity index (χ0n) is 14.4. The number of carbonyl (C=O) groups is 2. The van der Waals surface area contributed by atoms with Crippen LogP contribution in [0.3, 0.4) is 0 Å². The average Bonchev–Trinajstić information content (AvgIpc) is 3.17. The van der Waals surface area contributed by atoms with Gasteiger partial charge in [-0.15, -0.1) is 5.10 Å². The third-order valence-corrected chi connectivity index (χ3v) is 3.83. The number of aromatic nitrogens is 4. The minimum Gasteiger partial charge on any atom is -0.467 e. The van der Waals surface area contributed by atoms with Gasteiger partial charge < -0.3 is 9.47 Å². The molecule has 3 rings (SSSR count). The first kappa shape index (κ1) is 17.5. The van der Waals surface area contributed by atoms with Gasteiger partial charge in [0, 0.05) is 0 Å². The second-order valence-corrected chi connectivity index (χ2v) is 5.42. The molecule has 0 fully saturated rings. The van der Waals surface area contributed by atoms with Crippen LogP contribution in [0, 0.1) is 0 Å². The van der Waals surface area contributed by atoms with Gasteiger partial charge in [-0.1, -0.05) is 18.2 Å². The van der Waals surface area contributed by atoms with Gasteiger partial charge in [-0.05, 0) is 42.3 Å². The highest BCUT2D eigenvalue weighted by atomic mass is 16.6. The van der Waals surface area contributed by atoms with E-state index in [-0.39, 0.29) is 6.61 Å². The Bertz CT molecular complexity index is 819. The molecule has 0 spiro atoms. The van der Waals surface area contributed by atoms with Crippen molar-refractivity contribution in [2.45, 2.75) is 25.8 Å². The zero-order chi connectivity index (χ0) is 18.5. The lowest BCUT2D eigenvalue weighted by Crippen LogP contribution is -2.46. The fourth-order valence-corrected chi connectivity index (χ4v) is 2.62. The summed E-state index contributed by atoms with van der Waals surface area (Å²) in [6, 6.07) is 8.47. The van der Waals surface area contributed by atoms with Gasteiger partial charge >= 0.3 is 12.1 Å². The summed E-state index contributed by atoms with van der Waals surface area (Å²) in [5.41, 5.74) is 1.24. The number of hydrogen-bond acceptors (Lipinski definition) is 8. The van der Waals surface area contributed by atoms with Crippen LogP contribution in [0.4, 0.5) is 4.79 Å². The van der Waals surface area contributed by atoms with Gasteiger partial charge in [0.05, 0.1) is 19.4 Å². The Morgan fingerprint density at radius 3 is 2.73 bits per heavy atom. The minimum atomic E-state index is -0.844. The fourth-order valence-electron chi connectivity index (χ4n) is 2.62. The van der Waals surface area contributed by atoms with Crippen LogP contribution >= 0.6 is 0 Å². The number of ether oxygens (including phenoxy) is 2. The number of methoxy groups -OCH3 is 1. The smallest absolute Gasteiger partial charge is 0.431 e. The number of hydrogen-bond donors (Lipinski definition) is 0. The number of tetrazole rings is 1. The number of esters is 1. The lowest BCUT2D eigenvalue weighted by atomic mass is 10.1. The molecule has 10 nitrogen and oxygen atoms in total. The summed E-state index contributed by atoms with van der Waals surface area (Å²) in [5.74, 6) is -0.155. The number of para-hydroxylation sites is 1. The van der Waals surface area contributed by atoms with E-state index in [0.29, 0.717) is 24.4 Å². The van der Waals surface area contributed by atoms with E-state index in [2.05, 4.69) is 20.6 Å². The SMILES string of the molecule is CCOC(=O)N1N=C(c2nnnn2-c2ccccc2)CCC1C(=O)OC. The van der Waals surface area contributed by atoms with Gasteiger partial charge in [-0.2, -0.15) is 14.8 Å². The maximum atomic E-state index is 12.2. The Morgan fingerprint density at radius 1 is 1.27 bits per heavy atom. The van der Waals surface area contributed by atoms with E-state index in [1.54, 1.807) is 6.92 Å². The van der Waals surface area contributed by atoms with Crippen LogP contribution in [-0.4, -0.2) is 62.7 Å². The summed E-state index contributed by atoms with van der Waals surface area (Å²) in [6.45, 7) is 1.84. The lowest BCUT2D eigenvalue weighted by Gasteiger charge is -2.29. The molecule has 2 heterocycles. The van der Waals surface area contributed by atoms with Crippen molar-refractivity contribution in [1.82, 2.24) is 25.2 Å². The Hall–Kier alpha value is -3.30. The molecule has 0 aliphatic carbocycles. The van der Waals surface area contributed by atoms with Crippen molar-refractivity contribution >= 4 is 17.8 Å². The normalized spacial score (nSPS) is 16.8.